The minimum Gasteiger partial charge on any atom is -0.303 e. The lowest BCUT2D eigenvalue weighted by atomic mass is 10.00. The van der Waals surface area contributed by atoms with Crippen LogP contribution in [0.2, 0.25) is 0 Å². The summed E-state index contributed by atoms with van der Waals surface area (Å²) in [5.41, 5.74) is 0. The molecule has 0 saturated carbocycles. The largest absolute Gasteiger partial charge is 0.303 e. The monoisotopic (exact) mass is 223 g/mol. The van der Waals surface area contributed by atoms with Crippen LogP contribution in [-0.2, 0) is 0 Å². The van der Waals surface area contributed by atoms with E-state index >= 15 is 0 Å². The molecule has 2 unspecified atom stereocenters. The van der Waals surface area contributed by atoms with Crippen LogP contribution in [0.15, 0.2) is 0 Å². The van der Waals surface area contributed by atoms with Crippen molar-refractivity contribution in [2.45, 2.75) is 51.1 Å². The zero-order chi connectivity index (χ0) is 12.0. The third-order valence-corrected chi connectivity index (χ3v) is 3.88. The van der Waals surface area contributed by atoms with E-state index in [1.807, 2.05) is 0 Å². The fourth-order valence-corrected chi connectivity index (χ4v) is 2.37. The molecular weight excluding hydrogens is 198 g/mol. The number of nitrogens with zero attached hydrogens (tertiary/aromatic N) is 3. The molecule has 0 N–H and O–H groups in total. The van der Waals surface area contributed by atoms with Crippen molar-refractivity contribution in [3.8, 4) is 6.07 Å². The third-order valence-electron chi connectivity index (χ3n) is 3.88. The van der Waals surface area contributed by atoms with Gasteiger partial charge < -0.3 is 9.80 Å². The van der Waals surface area contributed by atoms with Crippen molar-refractivity contribution in [2.24, 2.45) is 0 Å². The number of likely N-dealkylation sites (tertiary alicyclic amines) is 1. The first-order valence-electron chi connectivity index (χ1n) is 6.42. The van der Waals surface area contributed by atoms with Crippen LogP contribution in [0.4, 0.5) is 0 Å². The Bertz CT molecular complexity index is 234. The van der Waals surface area contributed by atoms with Crippen molar-refractivity contribution in [1.82, 2.24) is 9.80 Å². The van der Waals surface area contributed by atoms with E-state index in [2.05, 4.69) is 36.9 Å². The van der Waals surface area contributed by atoms with Gasteiger partial charge in [0, 0.05) is 12.1 Å². The summed E-state index contributed by atoms with van der Waals surface area (Å²) in [6.07, 6.45) is 5.96. The van der Waals surface area contributed by atoms with Crippen LogP contribution in [0.5, 0.6) is 0 Å². The molecule has 1 aliphatic rings. The van der Waals surface area contributed by atoms with Gasteiger partial charge in [-0.15, -0.1) is 0 Å². The Labute approximate surface area is 100 Å². The molecule has 0 bridgehead atoms. The molecule has 0 aromatic rings. The van der Waals surface area contributed by atoms with Crippen LogP contribution in [-0.4, -0.2) is 49.1 Å². The lowest BCUT2D eigenvalue weighted by molar-refractivity contribution is 0.151. The Balaban J connectivity index is 2.25. The lowest BCUT2D eigenvalue weighted by Gasteiger charge is -2.34. The van der Waals surface area contributed by atoms with Gasteiger partial charge in [-0.05, 0) is 53.4 Å². The summed E-state index contributed by atoms with van der Waals surface area (Å²) in [6, 6.07) is 3.39. The molecule has 92 valence electrons. The molecule has 3 heteroatoms. The number of hydrogen-bond acceptors (Lipinski definition) is 3. The summed E-state index contributed by atoms with van der Waals surface area (Å²) in [5.74, 6) is 0. The summed E-state index contributed by atoms with van der Waals surface area (Å²) in [7, 11) is 4.37. The van der Waals surface area contributed by atoms with Gasteiger partial charge in [-0.3, -0.25) is 0 Å². The molecule has 1 saturated heterocycles. The number of rotatable bonds is 5. The summed E-state index contributed by atoms with van der Waals surface area (Å²) < 4.78 is 0. The fourth-order valence-electron chi connectivity index (χ4n) is 2.37. The predicted octanol–water partition coefficient (Wildman–Crippen LogP) is 2.09. The molecule has 0 amide bonds. The standard InChI is InChI=1S/C13H25N3/c1-12(7-9-14)15(2)11-8-13-6-4-5-10-16(13)3/h12-13H,4-8,10-11H2,1-3H3. The maximum absolute atomic E-state index is 8.66. The van der Waals surface area contributed by atoms with Crippen LogP contribution >= 0.6 is 0 Å². The smallest absolute Gasteiger partial charge is 0.0638 e. The molecule has 0 aromatic carbocycles. The highest BCUT2D eigenvalue weighted by atomic mass is 15.2. The van der Waals surface area contributed by atoms with Crippen molar-refractivity contribution in [1.29, 1.82) is 5.26 Å². The van der Waals surface area contributed by atoms with Crippen LogP contribution < -0.4 is 0 Å². The van der Waals surface area contributed by atoms with Gasteiger partial charge >= 0.3 is 0 Å². The minimum atomic E-state index is 0.388. The van der Waals surface area contributed by atoms with E-state index < -0.39 is 0 Å². The summed E-state index contributed by atoms with van der Waals surface area (Å²) in [6.45, 7) is 4.49. The van der Waals surface area contributed by atoms with Crippen LogP contribution in [0.25, 0.3) is 0 Å². The second-order valence-corrected chi connectivity index (χ2v) is 5.11. The first-order valence-corrected chi connectivity index (χ1v) is 6.42. The van der Waals surface area contributed by atoms with Crippen molar-refractivity contribution in [3.63, 3.8) is 0 Å². The second kappa shape index (κ2) is 6.88. The second-order valence-electron chi connectivity index (χ2n) is 5.11. The number of nitriles is 1. The maximum atomic E-state index is 8.66. The van der Waals surface area contributed by atoms with Crippen LogP contribution in [0.3, 0.4) is 0 Å². The third kappa shape index (κ3) is 4.11. The molecule has 1 heterocycles. The highest BCUT2D eigenvalue weighted by Crippen LogP contribution is 2.18. The Morgan fingerprint density at radius 3 is 2.88 bits per heavy atom. The Hall–Kier alpha value is -0.590. The first kappa shape index (κ1) is 13.5. The van der Waals surface area contributed by atoms with E-state index in [0.717, 1.165) is 12.6 Å². The lowest BCUT2D eigenvalue weighted by Crippen LogP contribution is -2.39. The molecular formula is C13H25N3. The van der Waals surface area contributed by atoms with Crippen molar-refractivity contribution in [2.75, 3.05) is 27.2 Å². The molecule has 0 radical (unpaired) electrons. The van der Waals surface area contributed by atoms with Gasteiger partial charge in [0.25, 0.3) is 0 Å². The highest BCUT2D eigenvalue weighted by molar-refractivity contribution is 4.80. The average Bonchev–Trinajstić information content (AvgIpc) is 2.28. The molecule has 1 rings (SSSR count). The van der Waals surface area contributed by atoms with Crippen molar-refractivity contribution < 1.29 is 0 Å². The molecule has 16 heavy (non-hydrogen) atoms. The first-order chi connectivity index (χ1) is 7.65. The topological polar surface area (TPSA) is 30.3 Å². The highest BCUT2D eigenvalue weighted by Gasteiger charge is 2.19. The molecule has 0 aromatic heterocycles. The normalized spacial score (nSPS) is 24.3. The van der Waals surface area contributed by atoms with Gasteiger partial charge in [0.15, 0.2) is 0 Å². The van der Waals surface area contributed by atoms with E-state index in [1.165, 1.54) is 32.2 Å². The van der Waals surface area contributed by atoms with E-state index in [4.69, 9.17) is 5.26 Å². The number of hydrogen-bond donors (Lipinski definition) is 0. The van der Waals surface area contributed by atoms with Crippen LogP contribution in [0, 0.1) is 11.3 Å². The Morgan fingerprint density at radius 1 is 1.50 bits per heavy atom. The fraction of sp³-hybridized carbons (Fsp3) is 0.923. The maximum Gasteiger partial charge on any atom is 0.0638 e. The molecule has 1 aliphatic heterocycles. The van der Waals surface area contributed by atoms with Crippen LogP contribution in [0.1, 0.15) is 39.0 Å². The summed E-state index contributed by atoms with van der Waals surface area (Å²) >= 11 is 0. The van der Waals surface area contributed by atoms with Gasteiger partial charge in [-0.2, -0.15) is 5.26 Å². The zero-order valence-corrected chi connectivity index (χ0v) is 10.9. The Kier molecular flexibility index (Phi) is 5.79. The van der Waals surface area contributed by atoms with Gasteiger partial charge in [0.05, 0.1) is 12.5 Å². The van der Waals surface area contributed by atoms with Gasteiger partial charge in [0.2, 0.25) is 0 Å². The zero-order valence-electron chi connectivity index (χ0n) is 10.9. The van der Waals surface area contributed by atoms with E-state index in [9.17, 15) is 0 Å². The van der Waals surface area contributed by atoms with Crippen molar-refractivity contribution >= 4 is 0 Å². The Morgan fingerprint density at radius 2 is 2.25 bits per heavy atom. The number of piperidine rings is 1. The molecule has 0 aliphatic carbocycles. The molecule has 2 atom stereocenters. The van der Waals surface area contributed by atoms with E-state index in [-0.39, 0.29) is 0 Å². The van der Waals surface area contributed by atoms with E-state index in [0.29, 0.717) is 12.5 Å². The van der Waals surface area contributed by atoms with Gasteiger partial charge in [0.1, 0.15) is 0 Å². The minimum absolute atomic E-state index is 0.388. The average molecular weight is 223 g/mol. The van der Waals surface area contributed by atoms with E-state index in [1.54, 1.807) is 0 Å². The molecule has 0 spiro atoms. The van der Waals surface area contributed by atoms with Crippen molar-refractivity contribution in [3.05, 3.63) is 0 Å². The molecule has 3 nitrogen and oxygen atoms in total. The summed E-state index contributed by atoms with van der Waals surface area (Å²) in [4.78, 5) is 4.80. The van der Waals surface area contributed by atoms with Gasteiger partial charge in [-0.1, -0.05) is 6.42 Å². The molecule has 1 fully saturated rings. The summed E-state index contributed by atoms with van der Waals surface area (Å²) in [5, 5.41) is 8.66. The van der Waals surface area contributed by atoms with Gasteiger partial charge in [-0.25, -0.2) is 0 Å². The quantitative estimate of drug-likeness (QED) is 0.715. The predicted molar refractivity (Wildman–Crippen MR) is 67.2 cm³/mol. The SMILES string of the molecule is CC(CC#N)N(C)CCC1CCCCN1C.